The Labute approximate surface area is 101 Å². The molecule has 1 atom stereocenters. The zero-order valence-corrected chi connectivity index (χ0v) is 9.85. The van der Waals surface area contributed by atoms with E-state index in [-0.39, 0.29) is 19.1 Å². The lowest BCUT2D eigenvalue weighted by atomic mass is 10.3. The Hall–Kier alpha value is -1.75. The van der Waals surface area contributed by atoms with Crippen molar-refractivity contribution in [2.45, 2.75) is 19.4 Å². The second-order valence-electron chi connectivity index (χ2n) is 3.73. The molecular formula is C12H18N2O3. The molecule has 0 saturated carbocycles. The van der Waals surface area contributed by atoms with Crippen LogP contribution in [0.2, 0.25) is 0 Å². The molecule has 0 radical (unpaired) electrons. The third kappa shape index (κ3) is 5.21. The summed E-state index contributed by atoms with van der Waals surface area (Å²) in [6.45, 7) is 2.01. The van der Waals surface area contributed by atoms with E-state index in [0.717, 1.165) is 0 Å². The smallest absolute Gasteiger partial charge is 0.258 e. The Bertz CT molecular complexity index is 369. The van der Waals surface area contributed by atoms with Gasteiger partial charge in [0.2, 0.25) is 0 Å². The van der Waals surface area contributed by atoms with Gasteiger partial charge >= 0.3 is 0 Å². The number of rotatable bonds is 6. The number of ether oxygens (including phenoxy) is 1. The number of benzene rings is 1. The number of nitrogen functional groups attached to an aromatic ring is 1. The summed E-state index contributed by atoms with van der Waals surface area (Å²) in [7, 11) is 0. The maximum atomic E-state index is 11.3. The largest absolute Gasteiger partial charge is 0.484 e. The van der Waals surface area contributed by atoms with Crippen LogP contribution in [-0.2, 0) is 4.79 Å². The van der Waals surface area contributed by atoms with Crippen LogP contribution in [0.4, 0.5) is 5.69 Å². The number of carbonyl (C=O) groups excluding carboxylic acids is 1. The second kappa shape index (κ2) is 6.75. The van der Waals surface area contributed by atoms with E-state index in [9.17, 15) is 9.90 Å². The Morgan fingerprint density at radius 3 is 3.00 bits per heavy atom. The fourth-order valence-electron chi connectivity index (χ4n) is 1.18. The van der Waals surface area contributed by atoms with Crippen molar-refractivity contribution in [3.05, 3.63) is 24.3 Å². The minimum atomic E-state index is -0.508. The molecule has 0 aliphatic carbocycles. The van der Waals surface area contributed by atoms with E-state index in [1.54, 1.807) is 24.3 Å². The first-order chi connectivity index (χ1) is 8.11. The third-order valence-corrected chi connectivity index (χ3v) is 2.23. The highest BCUT2D eigenvalue weighted by atomic mass is 16.5. The first kappa shape index (κ1) is 13.3. The van der Waals surface area contributed by atoms with Gasteiger partial charge in [0.15, 0.2) is 6.61 Å². The number of nitrogens with one attached hydrogen (secondary N) is 1. The van der Waals surface area contributed by atoms with Gasteiger partial charge in [0.05, 0.1) is 6.10 Å². The summed E-state index contributed by atoms with van der Waals surface area (Å²) in [4.78, 5) is 11.3. The van der Waals surface area contributed by atoms with Crippen LogP contribution in [0.1, 0.15) is 13.3 Å². The van der Waals surface area contributed by atoms with Gasteiger partial charge in [-0.2, -0.15) is 0 Å². The van der Waals surface area contributed by atoms with E-state index in [1.807, 2.05) is 6.92 Å². The quantitative estimate of drug-likeness (QED) is 0.631. The van der Waals surface area contributed by atoms with Crippen molar-refractivity contribution in [2.24, 2.45) is 0 Å². The highest BCUT2D eigenvalue weighted by Crippen LogP contribution is 2.13. The first-order valence-electron chi connectivity index (χ1n) is 5.55. The average molecular weight is 238 g/mol. The van der Waals surface area contributed by atoms with Crippen molar-refractivity contribution in [1.29, 1.82) is 0 Å². The lowest BCUT2D eigenvalue weighted by Crippen LogP contribution is -2.35. The predicted octanol–water partition coefficient (Wildman–Crippen LogP) is 0.535. The Kier molecular flexibility index (Phi) is 5.29. The maximum Gasteiger partial charge on any atom is 0.258 e. The summed E-state index contributed by atoms with van der Waals surface area (Å²) in [5, 5.41) is 11.8. The number of amides is 1. The zero-order chi connectivity index (χ0) is 12.7. The lowest BCUT2D eigenvalue weighted by molar-refractivity contribution is -0.123. The van der Waals surface area contributed by atoms with E-state index in [0.29, 0.717) is 17.9 Å². The fourth-order valence-corrected chi connectivity index (χ4v) is 1.18. The molecular weight excluding hydrogens is 220 g/mol. The van der Waals surface area contributed by atoms with Crippen molar-refractivity contribution < 1.29 is 14.6 Å². The SMILES string of the molecule is CCC(O)CNC(=O)COc1cccc(N)c1. The summed E-state index contributed by atoms with van der Waals surface area (Å²) < 4.78 is 5.24. The number of carbonyl (C=O) groups is 1. The Morgan fingerprint density at radius 2 is 2.35 bits per heavy atom. The molecule has 1 aromatic rings. The van der Waals surface area contributed by atoms with Gasteiger partial charge < -0.3 is 20.9 Å². The van der Waals surface area contributed by atoms with Gasteiger partial charge in [0.25, 0.3) is 5.91 Å². The third-order valence-electron chi connectivity index (χ3n) is 2.23. The predicted molar refractivity (Wildman–Crippen MR) is 65.7 cm³/mol. The molecule has 5 heteroatoms. The molecule has 0 aliphatic heterocycles. The lowest BCUT2D eigenvalue weighted by Gasteiger charge is -2.10. The second-order valence-corrected chi connectivity index (χ2v) is 3.73. The molecule has 1 unspecified atom stereocenters. The summed E-state index contributed by atoms with van der Waals surface area (Å²) in [6, 6.07) is 6.87. The monoisotopic (exact) mass is 238 g/mol. The molecule has 17 heavy (non-hydrogen) atoms. The highest BCUT2D eigenvalue weighted by Gasteiger charge is 2.05. The maximum absolute atomic E-state index is 11.3. The number of aliphatic hydroxyl groups is 1. The van der Waals surface area contributed by atoms with Gasteiger partial charge in [-0.15, -0.1) is 0 Å². The number of anilines is 1. The molecule has 0 heterocycles. The number of hydrogen-bond donors (Lipinski definition) is 3. The number of hydrogen-bond acceptors (Lipinski definition) is 4. The van der Waals surface area contributed by atoms with Gasteiger partial charge in [-0.05, 0) is 18.6 Å². The van der Waals surface area contributed by atoms with Crippen LogP contribution in [0.3, 0.4) is 0 Å². The van der Waals surface area contributed by atoms with Gasteiger partial charge in [-0.1, -0.05) is 13.0 Å². The average Bonchev–Trinajstić information content (AvgIpc) is 2.33. The van der Waals surface area contributed by atoms with Gasteiger partial charge in [0.1, 0.15) is 5.75 Å². The Balaban J connectivity index is 2.28. The first-order valence-corrected chi connectivity index (χ1v) is 5.55. The molecule has 94 valence electrons. The molecule has 0 bridgehead atoms. The van der Waals surface area contributed by atoms with Crippen molar-refractivity contribution >= 4 is 11.6 Å². The van der Waals surface area contributed by atoms with E-state index in [2.05, 4.69) is 5.32 Å². The van der Waals surface area contributed by atoms with Crippen LogP contribution in [0.25, 0.3) is 0 Å². The molecule has 1 aromatic carbocycles. The standard InChI is InChI=1S/C12H18N2O3/c1-2-10(15)7-14-12(16)8-17-11-5-3-4-9(13)6-11/h3-6,10,15H,2,7-8,13H2,1H3,(H,14,16). The molecule has 1 rings (SSSR count). The van der Waals surface area contributed by atoms with Crippen LogP contribution in [0.15, 0.2) is 24.3 Å². The van der Waals surface area contributed by atoms with Crippen molar-refractivity contribution in [1.82, 2.24) is 5.32 Å². The van der Waals surface area contributed by atoms with Crippen LogP contribution >= 0.6 is 0 Å². The molecule has 0 aromatic heterocycles. The molecule has 4 N–H and O–H groups in total. The minimum absolute atomic E-state index is 0.0834. The zero-order valence-electron chi connectivity index (χ0n) is 9.85. The van der Waals surface area contributed by atoms with E-state index < -0.39 is 6.10 Å². The normalized spacial score (nSPS) is 11.9. The molecule has 0 fully saturated rings. The molecule has 0 spiro atoms. The molecule has 5 nitrogen and oxygen atoms in total. The van der Waals surface area contributed by atoms with Gasteiger partial charge in [0, 0.05) is 18.3 Å². The van der Waals surface area contributed by atoms with Gasteiger partial charge in [-0.25, -0.2) is 0 Å². The van der Waals surface area contributed by atoms with E-state index >= 15 is 0 Å². The summed E-state index contributed by atoms with van der Waals surface area (Å²) >= 11 is 0. The van der Waals surface area contributed by atoms with Crippen molar-refractivity contribution in [3.8, 4) is 5.75 Å². The molecule has 1 amide bonds. The van der Waals surface area contributed by atoms with Crippen LogP contribution in [0.5, 0.6) is 5.75 Å². The molecule has 0 saturated heterocycles. The Morgan fingerprint density at radius 1 is 1.59 bits per heavy atom. The van der Waals surface area contributed by atoms with Gasteiger partial charge in [-0.3, -0.25) is 4.79 Å². The topological polar surface area (TPSA) is 84.6 Å². The van der Waals surface area contributed by atoms with E-state index in [4.69, 9.17) is 10.5 Å². The summed E-state index contributed by atoms with van der Waals surface area (Å²) in [5.41, 5.74) is 6.16. The fraction of sp³-hybridized carbons (Fsp3) is 0.417. The number of aliphatic hydroxyl groups excluding tert-OH is 1. The number of nitrogens with two attached hydrogens (primary N) is 1. The highest BCUT2D eigenvalue weighted by molar-refractivity contribution is 5.77. The van der Waals surface area contributed by atoms with Crippen molar-refractivity contribution in [3.63, 3.8) is 0 Å². The summed E-state index contributed by atoms with van der Waals surface area (Å²) in [5.74, 6) is 0.288. The van der Waals surface area contributed by atoms with E-state index in [1.165, 1.54) is 0 Å². The van der Waals surface area contributed by atoms with Crippen LogP contribution in [0, 0.1) is 0 Å². The summed E-state index contributed by atoms with van der Waals surface area (Å²) in [6.07, 6.45) is 0.0995. The van der Waals surface area contributed by atoms with Crippen LogP contribution < -0.4 is 15.8 Å². The molecule has 0 aliphatic rings. The van der Waals surface area contributed by atoms with Crippen LogP contribution in [-0.4, -0.2) is 30.3 Å². The van der Waals surface area contributed by atoms with Crippen molar-refractivity contribution in [2.75, 3.05) is 18.9 Å². The minimum Gasteiger partial charge on any atom is -0.484 e.